The van der Waals surface area contributed by atoms with Gasteiger partial charge in [-0.1, -0.05) is 12.1 Å². The number of carbonyl (C=O) groups excluding carboxylic acids is 4. The van der Waals surface area contributed by atoms with E-state index in [1.165, 1.54) is 0 Å². The molecule has 1 aromatic carbocycles. The van der Waals surface area contributed by atoms with Crippen molar-refractivity contribution >= 4 is 23.6 Å². The Kier molecular flexibility index (Phi) is 6.39. The van der Waals surface area contributed by atoms with Crippen molar-refractivity contribution in [3.8, 4) is 0 Å². The smallest absolute Gasteiger partial charge is 0.262 e. The summed E-state index contributed by atoms with van der Waals surface area (Å²) in [6, 6.07) is 5.13. The van der Waals surface area contributed by atoms with Crippen molar-refractivity contribution in [3.63, 3.8) is 0 Å². The standard InChI is InChI=1S/C27H34N4O5/c32-23-5-4-22(25(33)29-23)31-26(34)21-3-1-2-20(24(21)27(31)35)16-8-12-30(13-9-16)17-14-19(15-17)36-18-6-10-28-11-7-18/h1-3,16-19,22,28H,4-15H2,(H,29,32,33)/t17?,19?,22-/m1/s1. The summed E-state index contributed by atoms with van der Waals surface area (Å²) in [6.07, 6.45) is 7.38. The van der Waals surface area contributed by atoms with Crippen LogP contribution in [0.5, 0.6) is 0 Å². The summed E-state index contributed by atoms with van der Waals surface area (Å²) in [5.41, 5.74) is 1.74. The minimum atomic E-state index is -0.927. The van der Waals surface area contributed by atoms with Gasteiger partial charge >= 0.3 is 0 Å². The average Bonchev–Trinajstić information content (AvgIpc) is 3.12. The molecule has 1 atom stereocenters. The van der Waals surface area contributed by atoms with Crippen molar-refractivity contribution in [2.24, 2.45) is 0 Å². The fourth-order valence-corrected chi connectivity index (χ4v) is 6.61. The predicted molar refractivity (Wildman–Crippen MR) is 130 cm³/mol. The topological polar surface area (TPSA) is 108 Å². The van der Waals surface area contributed by atoms with Gasteiger partial charge in [0, 0.05) is 12.5 Å². The summed E-state index contributed by atoms with van der Waals surface area (Å²) < 4.78 is 6.30. The molecule has 0 radical (unpaired) electrons. The van der Waals surface area contributed by atoms with Gasteiger partial charge in [0.25, 0.3) is 11.8 Å². The fourth-order valence-electron chi connectivity index (χ4n) is 6.61. The molecule has 0 bridgehead atoms. The van der Waals surface area contributed by atoms with Crippen molar-refractivity contribution in [2.45, 2.75) is 81.6 Å². The molecule has 0 unspecified atom stereocenters. The van der Waals surface area contributed by atoms with Crippen LogP contribution in [-0.4, -0.2) is 83.9 Å². The highest BCUT2D eigenvalue weighted by Crippen LogP contribution is 2.39. The van der Waals surface area contributed by atoms with Gasteiger partial charge in [0.15, 0.2) is 0 Å². The van der Waals surface area contributed by atoms with Gasteiger partial charge in [-0.05, 0) is 88.7 Å². The minimum Gasteiger partial charge on any atom is -0.375 e. The number of hydrogen-bond acceptors (Lipinski definition) is 7. The Bertz CT molecular complexity index is 1070. The predicted octanol–water partition coefficient (Wildman–Crippen LogP) is 1.57. The van der Waals surface area contributed by atoms with Crippen LogP contribution in [0.25, 0.3) is 0 Å². The highest BCUT2D eigenvalue weighted by atomic mass is 16.5. The lowest BCUT2D eigenvalue weighted by Crippen LogP contribution is -2.54. The van der Waals surface area contributed by atoms with E-state index in [1.807, 2.05) is 12.1 Å². The van der Waals surface area contributed by atoms with Crippen LogP contribution in [0.2, 0.25) is 0 Å². The van der Waals surface area contributed by atoms with Gasteiger partial charge in [-0.15, -0.1) is 0 Å². The third kappa shape index (κ3) is 4.27. The summed E-state index contributed by atoms with van der Waals surface area (Å²) in [4.78, 5) is 54.2. The SMILES string of the molecule is O=C1CC[C@@H](N2C(=O)c3cccc(C4CCN(C5CC(OC6CCNCC6)C5)CC4)c3C2=O)C(=O)N1. The molecule has 9 nitrogen and oxygen atoms in total. The number of likely N-dealkylation sites (tertiary alicyclic amines) is 1. The van der Waals surface area contributed by atoms with E-state index in [-0.39, 0.29) is 24.7 Å². The zero-order chi connectivity index (χ0) is 24.8. The van der Waals surface area contributed by atoms with Crippen LogP contribution in [0.4, 0.5) is 0 Å². The number of piperidine rings is 3. The van der Waals surface area contributed by atoms with Gasteiger partial charge in [0.2, 0.25) is 11.8 Å². The van der Waals surface area contributed by atoms with Gasteiger partial charge in [-0.3, -0.25) is 29.4 Å². The molecule has 2 N–H and O–H groups in total. The number of benzene rings is 1. The fraction of sp³-hybridized carbons (Fsp3) is 0.630. The monoisotopic (exact) mass is 494 g/mol. The number of nitrogens with one attached hydrogen (secondary N) is 2. The molecule has 5 aliphatic rings. The van der Waals surface area contributed by atoms with Crippen molar-refractivity contribution < 1.29 is 23.9 Å². The van der Waals surface area contributed by atoms with Gasteiger partial charge < -0.3 is 15.0 Å². The summed E-state index contributed by atoms with van der Waals surface area (Å²) >= 11 is 0. The van der Waals surface area contributed by atoms with E-state index in [4.69, 9.17) is 4.74 Å². The lowest BCUT2D eigenvalue weighted by atomic mass is 9.82. The molecular weight excluding hydrogens is 460 g/mol. The summed E-state index contributed by atoms with van der Waals surface area (Å²) in [6.45, 7) is 4.05. The molecule has 4 fully saturated rings. The van der Waals surface area contributed by atoms with Crippen LogP contribution in [-0.2, 0) is 14.3 Å². The Labute approximate surface area is 210 Å². The summed E-state index contributed by atoms with van der Waals surface area (Å²) in [5, 5.41) is 5.65. The van der Waals surface area contributed by atoms with Crippen LogP contribution in [0.1, 0.15) is 83.6 Å². The van der Waals surface area contributed by atoms with Crippen LogP contribution in [0.15, 0.2) is 18.2 Å². The molecule has 4 heterocycles. The zero-order valence-corrected chi connectivity index (χ0v) is 20.5. The number of nitrogens with zero attached hydrogens (tertiary/aromatic N) is 2. The molecular formula is C27H34N4O5. The number of hydrogen-bond donors (Lipinski definition) is 2. The quantitative estimate of drug-likeness (QED) is 0.598. The summed E-state index contributed by atoms with van der Waals surface area (Å²) in [5.74, 6) is -1.57. The largest absolute Gasteiger partial charge is 0.375 e. The number of carbonyl (C=O) groups is 4. The molecule has 36 heavy (non-hydrogen) atoms. The number of fused-ring (bicyclic) bond motifs is 1. The zero-order valence-electron chi connectivity index (χ0n) is 20.5. The van der Waals surface area contributed by atoms with E-state index >= 15 is 0 Å². The Hall–Kier alpha value is -2.62. The maximum Gasteiger partial charge on any atom is 0.262 e. The third-order valence-corrected chi connectivity index (χ3v) is 8.73. The van der Waals surface area contributed by atoms with Gasteiger partial charge in [-0.2, -0.15) is 0 Å². The van der Waals surface area contributed by atoms with E-state index in [0.717, 1.165) is 75.2 Å². The highest BCUT2D eigenvalue weighted by Gasteiger charge is 2.46. The first-order valence-electron chi connectivity index (χ1n) is 13.4. The van der Waals surface area contributed by atoms with E-state index < -0.39 is 23.8 Å². The normalized spacial score (nSPS) is 30.3. The number of ether oxygens (including phenoxy) is 1. The van der Waals surface area contributed by atoms with Gasteiger partial charge in [0.1, 0.15) is 6.04 Å². The molecule has 1 aromatic rings. The molecule has 192 valence electrons. The number of rotatable bonds is 5. The van der Waals surface area contributed by atoms with E-state index in [1.54, 1.807) is 6.07 Å². The first-order valence-corrected chi connectivity index (χ1v) is 13.4. The first kappa shape index (κ1) is 23.8. The Morgan fingerprint density at radius 1 is 0.861 bits per heavy atom. The molecule has 4 aliphatic heterocycles. The second-order valence-corrected chi connectivity index (χ2v) is 10.9. The van der Waals surface area contributed by atoms with Crippen molar-refractivity contribution in [2.75, 3.05) is 26.2 Å². The molecule has 9 heteroatoms. The van der Waals surface area contributed by atoms with Gasteiger partial charge in [0.05, 0.1) is 23.3 Å². The molecule has 1 aliphatic carbocycles. The highest BCUT2D eigenvalue weighted by molar-refractivity contribution is 6.24. The van der Waals surface area contributed by atoms with E-state index in [9.17, 15) is 19.2 Å². The maximum atomic E-state index is 13.4. The molecule has 4 amide bonds. The van der Waals surface area contributed by atoms with E-state index in [0.29, 0.717) is 29.4 Å². The van der Waals surface area contributed by atoms with Crippen LogP contribution in [0, 0.1) is 0 Å². The Morgan fingerprint density at radius 3 is 2.33 bits per heavy atom. The third-order valence-electron chi connectivity index (χ3n) is 8.73. The van der Waals surface area contributed by atoms with Crippen LogP contribution in [0.3, 0.4) is 0 Å². The second-order valence-electron chi connectivity index (χ2n) is 10.9. The van der Waals surface area contributed by atoms with Crippen molar-refractivity contribution in [3.05, 3.63) is 34.9 Å². The molecule has 0 spiro atoms. The second kappa shape index (κ2) is 9.68. The lowest BCUT2D eigenvalue weighted by Gasteiger charge is -2.46. The van der Waals surface area contributed by atoms with Crippen LogP contribution < -0.4 is 10.6 Å². The Morgan fingerprint density at radius 2 is 1.61 bits per heavy atom. The first-order chi connectivity index (χ1) is 17.5. The maximum absolute atomic E-state index is 13.4. The lowest BCUT2D eigenvalue weighted by molar-refractivity contribution is -0.136. The minimum absolute atomic E-state index is 0.125. The number of imide groups is 2. The van der Waals surface area contributed by atoms with Crippen molar-refractivity contribution in [1.29, 1.82) is 0 Å². The average molecular weight is 495 g/mol. The summed E-state index contributed by atoms with van der Waals surface area (Å²) in [7, 11) is 0. The molecule has 6 rings (SSSR count). The van der Waals surface area contributed by atoms with Gasteiger partial charge in [-0.25, -0.2) is 0 Å². The molecule has 3 saturated heterocycles. The molecule has 1 saturated carbocycles. The van der Waals surface area contributed by atoms with E-state index in [2.05, 4.69) is 15.5 Å². The number of amides is 4. The Balaban J connectivity index is 1.08. The van der Waals surface area contributed by atoms with Crippen molar-refractivity contribution in [1.82, 2.24) is 20.4 Å². The van der Waals surface area contributed by atoms with Crippen LogP contribution >= 0.6 is 0 Å². The molecule has 0 aromatic heterocycles.